The van der Waals surface area contributed by atoms with Gasteiger partial charge in [0.2, 0.25) is 11.8 Å². The highest BCUT2D eigenvalue weighted by molar-refractivity contribution is 5.79. The second kappa shape index (κ2) is 9.39. The van der Waals surface area contributed by atoms with Gasteiger partial charge in [-0.2, -0.15) is 0 Å². The minimum Gasteiger partial charge on any atom is -0.443 e. The quantitative estimate of drug-likeness (QED) is 0.565. The van der Waals surface area contributed by atoms with Gasteiger partial charge in [0.05, 0.1) is 12.7 Å². The Balaban J connectivity index is 1.37. The summed E-state index contributed by atoms with van der Waals surface area (Å²) in [5, 5.41) is 0. The van der Waals surface area contributed by atoms with Gasteiger partial charge in [0, 0.05) is 19.5 Å². The van der Waals surface area contributed by atoms with E-state index >= 15 is 0 Å². The first-order valence-corrected chi connectivity index (χ1v) is 10.4. The molecule has 0 radical (unpaired) electrons. The molecule has 4 rings (SSSR count). The molecule has 0 aliphatic carbocycles. The Morgan fingerprint density at radius 3 is 2.42 bits per heavy atom. The molecule has 31 heavy (non-hydrogen) atoms. The molecule has 5 nitrogen and oxygen atoms in total. The number of nitrogens with zero attached hydrogens (tertiary/aromatic N) is 3. The molecule has 1 aliphatic rings. The fourth-order valence-corrected chi connectivity index (χ4v) is 3.96. The number of oxazole rings is 1. The number of carbonyl (C=O) groups excluding carboxylic acids is 1. The van der Waals surface area contributed by atoms with Gasteiger partial charge < -0.3 is 9.32 Å². The number of hydrogen-bond acceptors (Lipinski definition) is 4. The van der Waals surface area contributed by atoms with E-state index < -0.39 is 0 Å². The monoisotopic (exact) mass is 425 g/mol. The summed E-state index contributed by atoms with van der Waals surface area (Å²) in [5.74, 6) is 0.711. The number of aromatic nitrogens is 1. The summed E-state index contributed by atoms with van der Waals surface area (Å²) in [7, 11) is 1.87. The fraction of sp³-hybridized carbons (Fsp3) is 0.333. The summed E-state index contributed by atoms with van der Waals surface area (Å²) < 4.78 is 32.1. The van der Waals surface area contributed by atoms with E-state index in [1.54, 1.807) is 30.5 Å². The van der Waals surface area contributed by atoms with E-state index in [4.69, 9.17) is 4.42 Å². The van der Waals surface area contributed by atoms with E-state index in [1.165, 1.54) is 24.3 Å². The summed E-state index contributed by atoms with van der Waals surface area (Å²) in [4.78, 5) is 21.1. The first-order valence-electron chi connectivity index (χ1n) is 10.4. The molecule has 1 aromatic heterocycles. The van der Waals surface area contributed by atoms with Crippen LogP contribution < -0.4 is 0 Å². The van der Waals surface area contributed by atoms with Crippen LogP contribution in [-0.4, -0.2) is 40.8 Å². The van der Waals surface area contributed by atoms with E-state index in [-0.39, 0.29) is 30.1 Å². The molecule has 0 spiro atoms. The van der Waals surface area contributed by atoms with Gasteiger partial charge in [-0.25, -0.2) is 13.8 Å². The molecule has 2 aromatic carbocycles. The predicted molar refractivity (Wildman–Crippen MR) is 112 cm³/mol. The molecule has 7 heteroatoms. The van der Waals surface area contributed by atoms with Crippen LogP contribution in [0.5, 0.6) is 0 Å². The van der Waals surface area contributed by atoms with E-state index in [1.807, 2.05) is 16.8 Å². The number of halogens is 2. The Kier molecular flexibility index (Phi) is 6.42. The topological polar surface area (TPSA) is 49.6 Å². The zero-order valence-corrected chi connectivity index (χ0v) is 17.4. The molecule has 1 fully saturated rings. The predicted octanol–water partition coefficient (Wildman–Crippen LogP) is 4.34. The zero-order chi connectivity index (χ0) is 21.8. The molecule has 0 unspecified atom stereocenters. The first-order chi connectivity index (χ1) is 15.0. The molecule has 1 aliphatic heterocycles. The number of hydrogen-bond donors (Lipinski definition) is 0. The third-order valence-corrected chi connectivity index (χ3v) is 5.49. The lowest BCUT2D eigenvalue weighted by molar-refractivity contribution is -0.133. The SMILES string of the molecule is CN(CC(=O)N1CCC[C@H]1c1ncc(Cc2ccc(F)cc2)o1)Cc1ccc(F)cc1. The maximum Gasteiger partial charge on any atom is 0.237 e. The number of carbonyl (C=O) groups is 1. The van der Waals surface area contributed by atoms with Crippen molar-refractivity contribution in [2.75, 3.05) is 20.1 Å². The minimum absolute atomic E-state index is 0.0189. The van der Waals surface area contributed by atoms with Crippen LogP contribution in [0.3, 0.4) is 0 Å². The second-order valence-electron chi connectivity index (χ2n) is 8.01. The number of likely N-dealkylation sites (tertiary alicyclic amines) is 1. The normalized spacial score (nSPS) is 16.3. The van der Waals surface area contributed by atoms with Crippen molar-refractivity contribution in [1.29, 1.82) is 0 Å². The molecule has 0 saturated carbocycles. The largest absolute Gasteiger partial charge is 0.443 e. The smallest absolute Gasteiger partial charge is 0.237 e. The van der Waals surface area contributed by atoms with Crippen molar-refractivity contribution in [3.05, 3.63) is 89.1 Å². The third-order valence-electron chi connectivity index (χ3n) is 5.49. The summed E-state index contributed by atoms with van der Waals surface area (Å²) in [6, 6.07) is 12.4. The lowest BCUT2D eigenvalue weighted by Crippen LogP contribution is -2.38. The van der Waals surface area contributed by atoms with E-state index in [9.17, 15) is 13.6 Å². The molecule has 1 atom stereocenters. The van der Waals surface area contributed by atoms with Crippen molar-refractivity contribution in [3.8, 4) is 0 Å². The number of amides is 1. The third kappa shape index (κ3) is 5.35. The Bertz CT molecular complexity index is 1020. The highest BCUT2D eigenvalue weighted by Crippen LogP contribution is 2.32. The number of rotatable bonds is 7. The van der Waals surface area contributed by atoms with Gasteiger partial charge in [-0.3, -0.25) is 9.69 Å². The van der Waals surface area contributed by atoms with Gasteiger partial charge in [-0.15, -0.1) is 0 Å². The number of likely N-dealkylation sites (N-methyl/N-ethyl adjacent to an activating group) is 1. The van der Waals surface area contributed by atoms with Crippen LogP contribution in [0, 0.1) is 11.6 Å². The van der Waals surface area contributed by atoms with Crippen LogP contribution in [0.2, 0.25) is 0 Å². The lowest BCUT2D eigenvalue weighted by atomic mass is 10.1. The molecule has 0 bridgehead atoms. The van der Waals surface area contributed by atoms with Crippen molar-refractivity contribution >= 4 is 5.91 Å². The van der Waals surface area contributed by atoms with Crippen LogP contribution >= 0.6 is 0 Å². The molecular formula is C24H25F2N3O2. The fourth-order valence-electron chi connectivity index (χ4n) is 3.96. The zero-order valence-electron chi connectivity index (χ0n) is 17.4. The van der Waals surface area contributed by atoms with Crippen LogP contribution in [0.25, 0.3) is 0 Å². The van der Waals surface area contributed by atoms with Gasteiger partial charge in [0.25, 0.3) is 0 Å². The molecular weight excluding hydrogens is 400 g/mol. The lowest BCUT2D eigenvalue weighted by Gasteiger charge is -2.25. The van der Waals surface area contributed by atoms with Crippen LogP contribution in [0.15, 0.2) is 59.1 Å². The van der Waals surface area contributed by atoms with Crippen LogP contribution in [-0.2, 0) is 17.8 Å². The summed E-state index contributed by atoms with van der Waals surface area (Å²) in [5.41, 5.74) is 1.89. The van der Waals surface area contributed by atoms with E-state index in [2.05, 4.69) is 4.98 Å². The molecule has 1 amide bonds. The van der Waals surface area contributed by atoms with E-state index in [0.717, 1.165) is 24.0 Å². The van der Waals surface area contributed by atoms with Crippen molar-refractivity contribution in [2.45, 2.75) is 31.8 Å². The van der Waals surface area contributed by atoms with Gasteiger partial charge in [0.15, 0.2) is 0 Å². The van der Waals surface area contributed by atoms with Crippen LogP contribution in [0.1, 0.15) is 41.7 Å². The summed E-state index contributed by atoms with van der Waals surface area (Å²) in [6.07, 6.45) is 3.91. The molecule has 3 aromatic rings. The maximum atomic E-state index is 13.1. The Hall–Kier alpha value is -3.06. The Morgan fingerprint density at radius 2 is 1.74 bits per heavy atom. The van der Waals surface area contributed by atoms with Crippen LogP contribution in [0.4, 0.5) is 8.78 Å². The van der Waals surface area contributed by atoms with Gasteiger partial charge in [-0.1, -0.05) is 24.3 Å². The molecule has 1 saturated heterocycles. The first kappa shape index (κ1) is 21.2. The molecule has 0 N–H and O–H groups in total. The Morgan fingerprint density at radius 1 is 1.10 bits per heavy atom. The number of benzene rings is 2. The average molecular weight is 425 g/mol. The van der Waals surface area contributed by atoms with Crippen molar-refractivity contribution in [3.63, 3.8) is 0 Å². The summed E-state index contributed by atoms with van der Waals surface area (Å²) in [6.45, 7) is 1.49. The van der Waals surface area contributed by atoms with Gasteiger partial charge >= 0.3 is 0 Å². The molecule has 2 heterocycles. The maximum absolute atomic E-state index is 13.1. The molecule has 162 valence electrons. The Labute approximate surface area is 180 Å². The average Bonchev–Trinajstić information content (AvgIpc) is 3.41. The standard InChI is InChI=1S/C24H25F2N3O2/c1-28(15-18-6-10-20(26)11-7-18)16-23(30)29-12-2-3-22(29)24-27-14-21(31-24)13-17-4-8-19(25)9-5-17/h4-11,14,22H,2-3,12-13,15-16H2,1H3/t22-/m0/s1. The van der Waals surface area contributed by atoms with Crippen molar-refractivity contribution in [1.82, 2.24) is 14.8 Å². The summed E-state index contributed by atoms with van der Waals surface area (Å²) >= 11 is 0. The van der Waals surface area contributed by atoms with E-state index in [0.29, 0.717) is 31.2 Å². The van der Waals surface area contributed by atoms with Crippen molar-refractivity contribution in [2.24, 2.45) is 0 Å². The van der Waals surface area contributed by atoms with Gasteiger partial charge in [0.1, 0.15) is 23.4 Å². The highest BCUT2D eigenvalue weighted by Gasteiger charge is 2.33. The van der Waals surface area contributed by atoms with Gasteiger partial charge in [-0.05, 0) is 55.3 Å². The van der Waals surface area contributed by atoms with Crippen molar-refractivity contribution < 1.29 is 18.0 Å². The highest BCUT2D eigenvalue weighted by atomic mass is 19.1. The second-order valence-corrected chi connectivity index (χ2v) is 8.01. The minimum atomic E-state index is -0.272.